The maximum Gasteiger partial charge on any atom is 0.0516 e. The third-order valence-electron chi connectivity index (χ3n) is 3.21. The summed E-state index contributed by atoms with van der Waals surface area (Å²) in [5, 5.41) is 3.51. The van der Waals surface area contributed by atoms with Gasteiger partial charge < -0.3 is 10.2 Å². The van der Waals surface area contributed by atoms with Crippen molar-refractivity contribution in [3.8, 4) is 0 Å². The van der Waals surface area contributed by atoms with Crippen LogP contribution in [-0.2, 0) is 0 Å². The zero-order valence-corrected chi connectivity index (χ0v) is 14.1. The Balaban J connectivity index is 2.90. The van der Waals surface area contributed by atoms with E-state index in [4.69, 9.17) is 0 Å². The second kappa shape index (κ2) is 8.98. The van der Waals surface area contributed by atoms with Crippen molar-refractivity contribution in [2.24, 2.45) is 0 Å². The van der Waals surface area contributed by atoms with Crippen LogP contribution in [0.3, 0.4) is 0 Å². The standard InChI is InChI=1S/C17H25BrN2/c1-5-10-19-14(4)15-8-9-17(16(18)13-15)20(11-6-2)12-7-3/h6-9,13-14,19H,2-3,5,10-12H2,1,4H3. The number of nitrogens with one attached hydrogen (secondary N) is 1. The van der Waals surface area contributed by atoms with Crippen molar-refractivity contribution in [3.05, 3.63) is 53.5 Å². The van der Waals surface area contributed by atoms with Crippen molar-refractivity contribution in [1.82, 2.24) is 5.32 Å². The molecule has 0 heterocycles. The fourth-order valence-electron chi connectivity index (χ4n) is 2.11. The van der Waals surface area contributed by atoms with E-state index in [2.05, 4.69) is 71.4 Å². The molecule has 20 heavy (non-hydrogen) atoms. The Morgan fingerprint density at radius 2 is 1.95 bits per heavy atom. The summed E-state index contributed by atoms with van der Waals surface area (Å²) in [6, 6.07) is 6.91. The SMILES string of the molecule is C=CCN(CC=C)c1ccc(C(C)NCCC)cc1Br. The van der Waals surface area contributed by atoms with Gasteiger partial charge in [0.15, 0.2) is 0 Å². The van der Waals surface area contributed by atoms with Gasteiger partial charge in [0.1, 0.15) is 0 Å². The fourth-order valence-corrected chi connectivity index (χ4v) is 2.76. The molecular weight excluding hydrogens is 312 g/mol. The molecule has 1 unspecified atom stereocenters. The summed E-state index contributed by atoms with van der Waals surface area (Å²) in [4.78, 5) is 2.23. The lowest BCUT2D eigenvalue weighted by Gasteiger charge is -2.24. The zero-order chi connectivity index (χ0) is 15.0. The van der Waals surface area contributed by atoms with Crippen LogP contribution in [-0.4, -0.2) is 19.6 Å². The molecule has 1 atom stereocenters. The van der Waals surface area contributed by atoms with Gasteiger partial charge in [0.25, 0.3) is 0 Å². The molecule has 1 N–H and O–H groups in total. The molecule has 1 rings (SSSR count). The first-order valence-corrected chi connectivity index (χ1v) is 7.92. The van der Waals surface area contributed by atoms with E-state index in [1.807, 2.05) is 12.2 Å². The first-order valence-electron chi connectivity index (χ1n) is 7.13. The summed E-state index contributed by atoms with van der Waals surface area (Å²) in [5.74, 6) is 0. The topological polar surface area (TPSA) is 15.3 Å². The number of anilines is 1. The Bertz CT molecular complexity index is 433. The van der Waals surface area contributed by atoms with Crippen molar-refractivity contribution in [3.63, 3.8) is 0 Å². The van der Waals surface area contributed by atoms with Crippen LogP contribution >= 0.6 is 15.9 Å². The predicted octanol–water partition coefficient (Wildman–Crippen LogP) is 4.69. The average Bonchev–Trinajstić information content (AvgIpc) is 2.44. The van der Waals surface area contributed by atoms with Crippen molar-refractivity contribution < 1.29 is 0 Å². The molecule has 0 aliphatic carbocycles. The van der Waals surface area contributed by atoms with E-state index in [0.717, 1.165) is 30.5 Å². The van der Waals surface area contributed by atoms with Gasteiger partial charge in [-0.15, -0.1) is 13.2 Å². The zero-order valence-electron chi connectivity index (χ0n) is 12.5. The van der Waals surface area contributed by atoms with Crippen molar-refractivity contribution in [2.45, 2.75) is 26.3 Å². The second-order valence-electron chi connectivity index (χ2n) is 4.87. The molecule has 0 saturated heterocycles. The molecule has 0 saturated carbocycles. The van der Waals surface area contributed by atoms with Gasteiger partial charge in [-0.2, -0.15) is 0 Å². The summed E-state index contributed by atoms with van der Waals surface area (Å²) in [5.41, 5.74) is 2.47. The third kappa shape index (κ3) is 4.80. The van der Waals surface area contributed by atoms with Gasteiger partial charge in [-0.25, -0.2) is 0 Å². The molecule has 1 aromatic carbocycles. The van der Waals surface area contributed by atoms with Crippen molar-refractivity contribution in [2.75, 3.05) is 24.5 Å². The van der Waals surface area contributed by atoms with Crippen LogP contribution in [0.1, 0.15) is 31.9 Å². The van der Waals surface area contributed by atoms with Gasteiger partial charge in [-0.1, -0.05) is 25.1 Å². The maximum absolute atomic E-state index is 3.82. The first kappa shape index (κ1) is 17.0. The quantitative estimate of drug-likeness (QED) is 0.658. The van der Waals surface area contributed by atoms with Gasteiger partial charge in [0, 0.05) is 23.6 Å². The van der Waals surface area contributed by atoms with Crippen LogP contribution in [0.5, 0.6) is 0 Å². The summed E-state index contributed by atoms with van der Waals surface area (Å²) >= 11 is 3.69. The predicted molar refractivity (Wildman–Crippen MR) is 93.5 cm³/mol. The highest BCUT2D eigenvalue weighted by Gasteiger charge is 2.11. The number of hydrogen-bond acceptors (Lipinski definition) is 2. The Morgan fingerprint density at radius 3 is 2.45 bits per heavy atom. The van der Waals surface area contributed by atoms with E-state index in [1.54, 1.807) is 0 Å². The molecule has 1 aromatic rings. The van der Waals surface area contributed by atoms with E-state index in [1.165, 1.54) is 11.3 Å². The Labute approximate surface area is 131 Å². The molecule has 0 amide bonds. The Hall–Kier alpha value is -1.06. The largest absolute Gasteiger partial charge is 0.363 e. The number of nitrogens with zero attached hydrogens (tertiary/aromatic N) is 1. The lowest BCUT2D eigenvalue weighted by atomic mass is 10.1. The first-order chi connectivity index (χ1) is 9.63. The van der Waals surface area contributed by atoms with Crippen LogP contribution in [0, 0.1) is 0 Å². The van der Waals surface area contributed by atoms with Crippen LogP contribution in [0.2, 0.25) is 0 Å². The summed E-state index contributed by atoms with van der Waals surface area (Å²) < 4.78 is 1.11. The minimum Gasteiger partial charge on any atom is -0.363 e. The van der Waals surface area contributed by atoms with Gasteiger partial charge in [0.05, 0.1) is 5.69 Å². The van der Waals surface area contributed by atoms with E-state index < -0.39 is 0 Å². The number of rotatable bonds is 9. The van der Waals surface area contributed by atoms with E-state index >= 15 is 0 Å². The monoisotopic (exact) mass is 336 g/mol. The van der Waals surface area contributed by atoms with Crippen LogP contribution < -0.4 is 10.2 Å². The molecule has 0 aromatic heterocycles. The molecule has 0 bridgehead atoms. The van der Waals surface area contributed by atoms with Gasteiger partial charge in [-0.05, 0) is 53.5 Å². The fraction of sp³-hybridized carbons (Fsp3) is 0.412. The number of halogens is 1. The Morgan fingerprint density at radius 1 is 1.30 bits per heavy atom. The van der Waals surface area contributed by atoms with Gasteiger partial charge in [-0.3, -0.25) is 0 Å². The second-order valence-corrected chi connectivity index (χ2v) is 5.72. The highest BCUT2D eigenvalue weighted by atomic mass is 79.9. The molecule has 3 heteroatoms. The van der Waals surface area contributed by atoms with Crippen molar-refractivity contribution in [1.29, 1.82) is 0 Å². The highest BCUT2D eigenvalue weighted by molar-refractivity contribution is 9.10. The average molecular weight is 337 g/mol. The number of hydrogen-bond donors (Lipinski definition) is 1. The summed E-state index contributed by atoms with van der Waals surface area (Å²) in [6.45, 7) is 14.7. The van der Waals surface area contributed by atoms with Crippen LogP contribution in [0.15, 0.2) is 48.0 Å². The van der Waals surface area contributed by atoms with Gasteiger partial charge >= 0.3 is 0 Å². The minimum atomic E-state index is 0.368. The normalized spacial score (nSPS) is 11.9. The molecular formula is C17H25BrN2. The van der Waals surface area contributed by atoms with Crippen LogP contribution in [0.4, 0.5) is 5.69 Å². The van der Waals surface area contributed by atoms with Crippen molar-refractivity contribution >= 4 is 21.6 Å². The van der Waals surface area contributed by atoms with E-state index in [9.17, 15) is 0 Å². The molecule has 110 valence electrons. The van der Waals surface area contributed by atoms with Crippen LogP contribution in [0.25, 0.3) is 0 Å². The summed E-state index contributed by atoms with van der Waals surface area (Å²) in [7, 11) is 0. The van der Waals surface area contributed by atoms with E-state index in [-0.39, 0.29) is 0 Å². The smallest absolute Gasteiger partial charge is 0.0516 e. The minimum absolute atomic E-state index is 0.368. The lowest BCUT2D eigenvalue weighted by molar-refractivity contribution is 0.570. The van der Waals surface area contributed by atoms with Gasteiger partial charge in [0.2, 0.25) is 0 Å². The molecule has 0 aliphatic heterocycles. The number of benzene rings is 1. The highest BCUT2D eigenvalue weighted by Crippen LogP contribution is 2.29. The lowest BCUT2D eigenvalue weighted by Crippen LogP contribution is -2.24. The molecule has 0 fully saturated rings. The summed E-state index contributed by atoms with van der Waals surface area (Å²) in [6.07, 6.45) is 4.97. The third-order valence-corrected chi connectivity index (χ3v) is 3.85. The maximum atomic E-state index is 3.82. The molecule has 0 spiro atoms. The Kier molecular flexibility index (Phi) is 7.63. The molecule has 0 radical (unpaired) electrons. The molecule has 0 aliphatic rings. The van der Waals surface area contributed by atoms with E-state index in [0.29, 0.717) is 6.04 Å². The molecule has 2 nitrogen and oxygen atoms in total.